The lowest BCUT2D eigenvalue weighted by Crippen LogP contribution is -1.92. The minimum atomic E-state index is 0.525. The number of methoxy groups -OCH3 is 1. The lowest BCUT2D eigenvalue weighted by molar-refractivity contribution is 0.415. The van der Waals surface area contributed by atoms with Crippen molar-refractivity contribution in [1.82, 2.24) is 4.98 Å². The van der Waals surface area contributed by atoms with Gasteiger partial charge in [-0.2, -0.15) is 0 Å². The van der Waals surface area contributed by atoms with Crippen LogP contribution in [0.5, 0.6) is 5.75 Å². The van der Waals surface area contributed by atoms with E-state index in [1.165, 1.54) is 11.1 Å². The Hall–Kier alpha value is -1.48. The second-order valence-corrected chi connectivity index (χ2v) is 5.82. The van der Waals surface area contributed by atoms with Gasteiger partial charge in [0.25, 0.3) is 0 Å². The van der Waals surface area contributed by atoms with Crippen LogP contribution >= 0.6 is 11.8 Å². The number of benzene rings is 1. The van der Waals surface area contributed by atoms with Gasteiger partial charge in [0.2, 0.25) is 0 Å². The molecule has 0 amide bonds. The highest BCUT2D eigenvalue weighted by Crippen LogP contribution is 2.32. The number of thioether (sulfide) groups is 1. The van der Waals surface area contributed by atoms with Crippen LogP contribution in [0.2, 0.25) is 0 Å². The molecule has 1 aromatic carbocycles. The molecule has 0 atom stereocenters. The highest BCUT2D eigenvalue weighted by atomic mass is 32.2. The number of ether oxygens (including phenoxy) is 1. The van der Waals surface area contributed by atoms with Crippen molar-refractivity contribution >= 4 is 11.8 Å². The van der Waals surface area contributed by atoms with Crippen molar-refractivity contribution < 1.29 is 4.74 Å². The first-order valence-electron chi connectivity index (χ1n) is 5.97. The lowest BCUT2D eigenvalue weighted by atomic mass is 10.1. The van der Waals surface area contributed by atoms with E-state index in [2.05, 4.69) is 37.0 Å². The molecular formula is C15H17NOS. The summed E-state index contributed by atoms with van der Waals surface area (Å²) in [5.41, 5.74) is 2.35. The third-order valence-corrected chi connectivity index (χ3v) is 3.54. The Kier molecular flexibility index (Phi) is 4.26. The van der Waals surface area contributed by atoms with Gasteiger partial charge in [0.1, 0.15) is 10.8 Å². The molecule has 0 N–H and O–H groups in total. The molecule has 0 aliphatic rings. The van der Waals surface area contributed by atoms with Gasteiger partial charge in [0.15, 0.2) is 0 Å². The third-order valence-electron chi connectivity index (χ3n) is 2.52. The smallest absolute Gasteiger partial charge is 0.118 e. The van der Waals surface area contributed by atoms with Gasteiger partial charge in [-0.05, 0) is 23.8 Å². The average Bonchev–Trinajstić information content (AvgIpc) is 2.39. The van der Waals surface area contributed by atoms with Crippen LogP contribution in [0.3, 0.4) is 0 Å². The van der Waals surface area contributed by atoms with Crippen molar-refractivity contribution in [2.24, 2.45) is 0 Å². The van der Waals surface area contributed by atoms with Crippen LogP contribution in [0.15, 0.2) is 47.6 Å². The number of nitrogens with zero attached hydrogens (tertiary/aromatic N) is 1. The molecule has 2 aromatic rings. The van der Waals surface area contributed by atoms with Gasteiger partial charge in [0, 0.05) is 17.0 Å². The molecule has 3 heteroatoms. The quantitative estimate of drug-likeness (QED) is 0.766. The summed E-state index contributed by atoms with van der Waals surface area (Å²) in [6.07, 6.45) is 1.84. The minimum Gasteiger partial charge on any atom is -0.497 e. The molecule has 2 rings (SSSR count). The summed E-state index contributed by atoms with van der Waals surface area (Å²) in [6.45, 7) is 4.36. The molecule has 0 saturated heterocycles. The van der Waals surface area contributed by atoms with E-state index in [1.54, 1.807) is 18.9 Å². The van der Waals surface area contributed by atoms with Crippen LogP contribution in [0, 0.1) is 0 Å². The van der Waals surface area contributed by atoms with Crippen LogP contribution < -0.4 is 4.74 Å². The zero-order valence-electron chi connectivity index (χ0n) is 10.9. The first-order chi connectivity index (χ1) is 8.70. The monoisotopic (exact) mass is 259 g/mol. The predicted octanol–water partition coefficient (Wildman–Crippen LogP) is 4.26. The summed E-state index contributed by atoms with van der Waals surface area (Å²) in [5, 5.41) is 1.61. The summed E-state index contributed by atoms with van der Waals surface area (Å²) in [7, 11) is 1.68. The van der Waals surface area contributed by atoms with Crippen molar-refractivity contribution in [3.63, 3.8) is 0 Å². The fraction of sp³-hybridized carbons (Fsp3) is 0.267. The van der Waals surface area contributed by atoms with Crippen LogP contribution in [0.25, 0.3) is 11.1 Å². The van der Waals surface area contributed by atoms with Gasteiger partial charge in [-0.3, -0.25) is 0 Å². The number of rotatable bonds is 4. The molecule has 0 unspecified atom stereocenters. The first kappa shape index (κ1) is 13.0. The average molecular weight is 259 g/mol. The molecule has 18 heavy (non-hydrogen) atoms. The van der Waals surface area contributed by atoms with Crippen molar-refractivity contribution in [2.45, 2.75) is 24.1 Å². The van der Waals surface area contributed by atoms with E-state index >= 15 is 0 Å². The van der Waals surface area contributed by atoms with Crippen LogP contribution in [-0.2, 0) is 0 Å². The molecule has 1 aromatic heterocycles. The second kappa shape index (κ2) is 5.91. The Morgan fingerprint density at radius 3 is 2.44 bits per heavy atom. The maximum atomic E-state index is 5.18. The highest BCUT2D eigenvalue weighted by Gasteiger charge is 2.08. The number of aromatic nitrogens is 1. The summed E-state index contributed by atoms with van der Waals surface area (Å²) in [5.74, 6) is 0.876. The van der Waals surface area contributed by atoms with E-state index in [1.807, 2.05) is 24.4 Å². The summed E-state index contributed by atoms with van der Waals surface area (Å²) in [4.78, 5) is 4.47. The van der Waals surface area contributed by atoms with Gasteiger partial charge < -0.3 is 4.74 Å². The summed E-state index contributed by atoms with van der Waals surface area (Å²) < 4.78 is 5.18. The van der Waals surface area contributed by atoms with Crippen molar-refractivity contribution in [2.75, 3.05) is 7.11 Å². The van der Waals surface area contributed by atoms with E-state index in [-0.39, 0.29) is 0 Å². The van der Waals surface area contributed by atoms with Gasteiger partial charge in [-0.25, -0.2) is 4.98 Å². The predicted molar refractivity (Wildman–Crippen MR) is 77.2 cm³/mol. The SMILES string of the molecule is COc1ccc(-c2cccnc2SC(C)C)cc1. The zero-order valence-corrected chi connectivity index (χ0v) is 11.7. The molecular weight excluding hydrogens is 242 g/mol. The van der Waals surface area contributed by atoms with Crippen LogP contribution in [0.1, 0.15) is 13.8 Å². The molecule has 0 fully saturated rings. The Bertz CT molecular complexity index is 508. The molecule has 1 heterocycles. The summed E-state index contributed by atoms with van der Waals surface area (Å²) >= 11 is 1.79. The molecule has 0 aliphatic heterocycles. The van der Waals surface area contributed by atoms with E-state index < -0.39 is 0 Å². The Morgan fingerprint density at radius 1 is 1.11 bits per heavy atom. The first-order valence-corrected chi connectivity index (χ1v) is 6.85. The Balaban J connectivity index is 2.36. The molecule has 2 nitrogen and oxygen atoms in total. The Labute approximate surface area is 112 Å². The highest BCUT2D eigenvalue weighted by molar-refractivity contribution is 7.99. The number of pyridine rings is 1. The van der Waals surface area contributed by atoms with E-state index in [4.69, 9.17) is 4.74 Å². The van der Waals surface area contributed by atoms with E-state index in [0.717, 1.165) is 10.8 Å². The number of hydrogen-bond donors (Lipinski definition) is 0. The normalized spacial score (nSPS) is 10.7. The summed E-state index contributed by atoms with van der Waals surface area (Å²) in [6, 6.07) is 12.2. The van der Waals surface area contributed by atoms with Crippen molar-refractivity contribution in [3.8, 4) is 16.9 Å². The Morgan fingerprint density at radius 2 is 1.83 bits per heavy atom. The van der Waals surface area contributed by atoms with E-state index in [0.29, 0.717) is 5.25 Å². The van der Waals surface area contributed by atoms with Crippen molar-refractivity contribution in [3.05, 3.63) is 42.6 Å². The van der Waals surface area contributed by atoms with E-state index in [9.17, 15) is 0 Å². The molecule has 0 spiro atoms. The molecule has 0 bridgehead atoms. The maximum Gasteiger partial charge on any atom is 0.118 e. The van der Waals surface area contributed by atoms with Gasteiger partial charge >= 0.3 is 0 Å². The van der Waals surface area contributed by atoms with Gasteiger partial charge in [0.05, 0.1) is 7.11 Å². The molecule has 0 aliphatic carbocycles. The lowest BCUT2D eigenvalue weighted by Gasteiger charge is -2.10. The van der Waals surface area contributed by atoms with Crippen LogP contribution in [0.4, 0.5) is 0 Å². The largest absolute Gasteiger partial charge is 0.497 e. The number of hydrogen-bond acceptors (Lipinski definition) is 3. The standard InChI is InChI=1S/C15H17NOS/c1-11(2)18-15-14(5-4-10-16-15)12-6-8-13(17-3)9-7-12/h4-11H,1-3H3. The molecule has 94 valence electrons. The van der Waals surface area contributed by atoms with Gasteiger partial charge in [-0.15, -0.1) is 11.8 Å². The van der Waals surface area contributed by atoms with Crippen LogP contribution in [-0.4, -0.2) is 17.3 Å². The molecule has 0 saturated carbocycles. The van der Waals surface area contributed by atoms with Gasteiger partial charge in [-0.1, -0.05) is 32.0 Å². The molecule has 0 radical (unpaired) electrons. The second-order valence-electron chi connectivity index (χ2n) is 4.25. The zero-order chi connectivity index (χ0) is 13.0. The fourth-order valence-electron chi connectivity index (χ4n) is 1.70. The topological polar surface area (TPSA) is 22.1 Å². The van der Waals surface area contributed by atoms with Crippen molar-refractivity contribution in [1.29, 1.82) is 0 Å². The maximum absolute atomic E-state index is 5.18. The minimum absolute atomic E-state index is 0.525. The fourth-order valence-corrected chi connectivity index (χ4v) is 2.58. The third kappa shape index (κ3) is 3.05.